The molecule has 2 aliphatic rings. The number of urea groups is 1. The third-order valence-electron chi connectivity index (χ3n) is 4.07. The Morgan fingerprint density at radius 1 is 1.40 bits per heavy atom. The molecule has 0 saturated carbocycles. The number of carbonyl (C=O) groups excluding carboxylic acids is 1. The van der Waals surface area contributed by atoms with Crippen LogP contribution in [0.4, 0.5) is 4.79 Å². The van der Waals surface area contributed by atoms with Crippen molar-refractivity contribution in [2.24, 2.45) is 0 Å². The summed E-state index contributed by atoms with van der Waals surface area (Å²) in [5.74, 6) is -0.964. The lowest BCUT2D eigenvalue weighted by atomic mass is 9.94. The molecule has 2 rings (SSSR count). The Kier molecular flexibility index (Phi) is 4.49. The van der Waals surface area contributed by atoms with Gasteiger partial charge in [0.25, 0.3) is 0 Å². The molecule has 0 aromatic heterocycles. The zero-order valence-electron chi connectivity index (χ0n) is 11.7. The van der Waals surface area contributed by atoms with Gasteiger partial charge in [0.2, 0.25) is 0 Å². The number of aliphatic hydroxyl groups is 1. The maximum Gasteiger partial charge on any atom is 0.326 e. The van der Waals surface area contributed by atoms with E-state index >= 15 is 0 Å². The van der Waals surface area contributed by atoms with Crippen LogP contribution in [0.3, 0.4) is 0 Å². The van der Waals surface area contributed by atoms with Gasteiger partial charge in [0, 0.05) is 39.6 Å². The predicted molar refractivity (Wildman–Crippen MR) is 70.4 cm³/mol. The molecule has 0 spiro atoms. The number of likely N-dealkylation sites (tertiary alicyclic amines) is 1. The van der Waals surface area contributed by atoms with Crippen LogP contribution in [0.2, 0.25) is 0 Å². The maximum atomic E-state index is 12.3. The fraction of sp³-hybridized carbons (Fsp3) is 0.846. The van der Waals surface area contributed by atoms with Crippen LogP contribution in [0.15, 0.2) is 0 Å². The molecule has 0 radical (unpaired) electrons. The van der Waals surface area contributed by atoms with E-state index in [1.807, 2.05) is 0 Å². The van der Waals surface area contributed by atoms with Gasteiger partial charge in [-0.05, 0) is 12.8 Å². The average molecular weight is 286 g/mol. The highest BCUT2D eigenvalue weighted by Crippen LogP contribution is 2.23. The van der Waals surface area contributed by atoms with E-state index in [-0.39, 0.29) is 12.6 Å². The molecule has 2 N–H and O–H groups in total. The first-order valence-electron chi connectivity index (χ1n) is 6.98. The zero-order valence-corrected chi connectivity index (χ0v) is 11.7. The van der Waals surface area contributed by atoms with Gasteiger partial charge in [-0.1, -0.05) is 0 Å². The Bertz CT molecular complexity index is 381. The fourth-order valence-corrected chi connectivity index (χ4v) is 2.89. The fourth-order valence-electron chi connectivity index (χ4n) is 2.89. The highest BCUT2D eigenvalue weighted by molar-refractivity contribution is 5.83. The van der Waals surface area contributed by atoms with E-state index in [2.05, 4.69) is 0 Å². The van der Waals surface area contributed by atoms with E-state index in [0.717, 1.165) is 0 Å². The summed E-state index contributed by atoms with van der Waals surface area (Å²) in [4.78, 5) is 26.2. The van der Waals surface area contributed by atoms with E-state index in [4.69, 9.17) is 9.84 Å². The number of aliphatic carboxylic acids is 1. The van der Waals surface area contributed by atoms with Crippen LogP contribution < -0.4 is 0 Å². The summed E-state index contributed by atoms with van der Waals surface area (Å²) in [7, 11) is 1.60. The third-order valence-corrected chi connectivity index (χ3v) is 4.07. The lowest BCUT2D eigenvalue weighted by Crippen LogP contribution is -2.52. The first-order chi connectivity index (χ1) is 9.43. The molecule has 2 amide bonds. The van der Waals surface area contributed by atoms with E-state index in [1.54, 1.807) is 7.05 Å². The quantitative estimate of drug-likeness (QED) is 0.769. The van der Waals surface area contributed by atoms with Crippen molar-refractivity contribution in [3.8, 4) is 0 Å². The standard InChI is InChI=1S/C13H22N2O5/c1-14(9-13(19)4-7-20-8-5-13)12(18)15-6-2-3-10(15)11(16)17/h10,19H,2-9H2,1H3,(H,16,17). The van der Waals surface area contributed by atoms with Crippen molar-refractivity contribution in [1.29, 1.82) is 0 Å². The van der Waals surface area contributed by atoms with Crippen LogP contribution in [0.25, 0.3) is 0 Å². The summed E-state index contributed by atoms with van der Waals surface area (Å²) in [6.07, 6.45) is 2.18. The molecular formula is C13H22N2O5. The largest absolute Gasteiger partial charge is 0.480 e. The molecule has 2 fully saturated rings. The number of hydrogen-bond acceptors (Lipinski definition) is 4. The average Bonchev–Trinajstić information content (AvgIpc) is 2.87. The molecule has 0 aliphatic carbocycles. The molecule has 2 saturated heterocycles. The summed E-state index contributed by atoms with van der Waals surface area (Å²) in [6, 6.07) is -1.07. The predicted octanol–water partition coefficient (Wildman–Crippen LogP) is 0.129. The zero-order chi connectivity index (χ0) is 14.8. The van der Waals surface area contributed by atoms with E-state index in [0.29, 0.717) is 45.4 Å². The molecular weight excluding hydrogens is 264 g/mol. The first kappa shape index (κ1) is 15.1. The van der Waals surface area contributed by atoms with Crippen molar-refractivity contribution in [2.45, 2.75) is 37.3 Å². The molecule has 0 aromatic rings. The lowest BCUT2D eigenvalue weighted by molar-refractivity contribution is -0.141. The van der Waals surface area contributed by atoms with Gasteiger partial charge in [0.05, 0.1) is 12.1 Å². The van der Waals surface area contributed by atoms with Crippen molar-refractivity contribution >= 4 is 12.0 Å². The molecule has 0 bridgehead atoms. The summed E-state index contributed by atoms with van der Waals surface area (Å²) in [5.41, 5.74) is -0.929. The SMILES string of the molecule is CN(CC1(O)CCOCC1)C(=O)N1CCCC1C(=O)O. The summed E-state index contributed by atoms with van der Waals surface area (Å²) >= 11 is 0. The molecule has 0 aromatic carbocycles. The van der Waals surface area contributed by atoms with Gasteiger partial charge in [0.1, 0.15) is 6.04 Å². The van der Waals surface area contributed by atoms with Crippen LogP contribution in [0, 0.1) is 0 Å². The van der Waals surface area contributed by atoms with Crippen molar-refractivity contribution < 1.29 is 24.5 Å². The number of nitrogens with zero attached hydrogens (tertiary/aromatic N) is 2. The summed E-state index contributed by atoms with van der Waals surface area (Å²) in [5, 5.41) is 19.5. The minimum atomic E-state index is -0.964. The molecule has 2 aliphatic heterocycles. The second kappa shape index (κ2) is 5.97. The molecule has 1 atom stereocenters. The maximum absolute atomic E-state index is 12.3. The van der Waals surface area contributed by atoms with Crippen LogP contribution in [-0.2, 0) is 9.53 Å². The molecule has 20 heavy (non-hydrogen) atoms. The Hall–Kier alpha value is -1.34. The first-order valence-corrected chi connectivity index (χ1v) is 6.98. The Balaban J connectivity index is 1.96. The highest BCUT2D eigenvalue weighted by Gasteiger charge is 2.38. The van der Waals surface area contributed by atoms with Gasteiger partial charge >= 0.3 is 12.0 Å². The molecule has 7 nitrogen and oxygen atoms in total. The molecule has 1 unspecified atom stereocenters. The van der Waals surface area contributed by atoms with Gasteiger partial charge in [0.15, 0.2) is 0 Å². The van der Waals surface area contributed by atoms with Crippen LogP contribution in [0.5, 0.6) is 0 Å². The minimum Gasteiger partial charge on any atom is -0.480 e. The summed E-state index contributed by atoms with van der Waals surface area (Å²) < 4.78 is 5.20. The van der Waals surface area contributed by atoms with Crippen molar-refractivity contribution in [3.05, 3.63) is 0 Å². The molecule has 7 heteroatoms. The molecule has 2 heterocycles. The number of likely N-dealkylation sites (N-methyl/N-ethyl adjacent to an activating group) is 1. The highest BCUT2D eigenvalue weighted by atomic mass is 16.5. The van der Waals surface area contributed by atoms with Gasteiger partial charge in [-0.25, -0.2) is 9.59 Å². The van der Waals surface area contributed by atoms with Gasteiger partial charge in [-0.15, -0.1) is 0 Å². The third kappa shape index (κ3) is 3.21. The number of carboxylic acid groups (broad SMARTS) is 1. The van der Waals surface area contributed by atoms with Gasteiger partial charge < -0.3 is 24.7 Å². The van der Waals surface area contributed by atoms with E-state index in [9.17, 15) is 14.7 Å². The van der Waals surface area contributed by atoms with Crippen LogP contribution in [-0.4, -0.2) is 77.0 Å². The second-order valence-electron chi connectivity index (χ2n) is 5.67. The van der Waals surface area contributed by atoms with Crippen molar-refractivity contribution in [1.82, 2.24) is 9.80 Å². The topological polar surface area (TPSA) is 90.3 Å². The second-order valence-corrected chi connectivity index (χ2v) is 5.67. The summed E-state index contributed by atoms with van der Waals surface area (Å²) in [6.45, 7) is 1.64. The van der Waals surface area contributed by atoms with E-state index < -0.39 is 17.6 Å². The van der Waals surface area contributed by atoms with Gasteiger partial charge in [-0.3, -0.25) is 0 Å². The normalized spacial score (nSPS) is 25.5. The van der Waals surface area contributed by atoms with Gasteiger partial charge in [-0.2, -0.15) is 0 Å². The van der Waals surface area contributed by atoms with Crippen LogP contribution in [0.1, 0.15) is 25.7 Å². The number of rotatable bonds is 3. The molecule has 114 valence electrons. The number of amides is 2. The number of ether oxygens (including phenoxy) is 1. The van der Waals surface area contributed by atoms with Crippen molar-refractivity contribution in [2.75, 3.05) is 33.4 Å². The van der Waals surface area contributed by atoms with E-state index in [1.165, 1.54) is 9.80 Å². The number of hydrogen-bond donors (Lipinski definition) is 2. The lowest BCUT2D eigenvalue weighted by Gasteiger charge is -2.37. The minimum absolute atomic E-state index is 0.206. The number of carbonyl (C=O) groups is 2. The van der Waals surface area contributed by atoms with Crippen LogP contribution >= 0.6 is 0 Å². The Labute approximate surface area is 118 Å². The van der Waals surface area contributed by atoms with Crippen molar-refractivity contribution in [3.63, 3.8) is 0 Å². The smallest absolute Gasteiger partial charge is 0.326 e. The number of carboxylic acids is 1. The Morgan fingerprint density at radius 2 is 2.05 bits per heavy atom. The monoisotopic (exact) mass is 286 g/mol. The Morgan fingerprint density at radius 3 is 2.65 bits per heavy atom.